The number of aryl methyl sites for hydroxylation is 1. The van der Waals surface area contributed by atoms with Crippen molar-refractivity contribution in [2.45, 2.75) is 12.8 Å². The third-order valence-electron chi connectivity index (χ3n) is 2.11. The van der Waals surface area contributed by atoms with Crippen molar-refractivity contribution in [3.8, 4) is 0 Å². The topological polar surface area (TPSA) is 46.0 Å². The Kier molecular flexibility index (Phi) is 2.70. The second-order valence-corrected chi connectivity index (χ2v) is 3.18. The Hall–Kier alpha value is -1.48. The van der Waals surface area contributed by atoms with Crippen LogP contribution in [0.4, 0.5) is 0 Å². The molecule has 0 aliphatic heterocycles. The molecular weight excluding hydrogens is 176 g/mol. The van der Waals surface area contributed by atoms with Crippen LogP contribution in [-0.2, 0) is 6.42 Å². The van der Waals surface area contributed by atoms with Crippen molar-refractivity contribution in [2.75, 3.05) is 6.61 Å². The van der Waals surface area contributed by atoms with Gasteiger partial charge in [-0.05, 0) is 37.1 Å². The lowest BCUT2D eigenvalue weighted by atomic mass is 10.2. The lowest BCUT2D eigenvalue weighted by Crippen LogP contribution is -1.94. The van der Waals surface area contributed by atoms with E-state index in [9.17, 15) is 0 Å². The number of hydrogen-bond donors (Lipinski definition) is 1. The quantitative estimate of drug-likeness (QED) is 0.795. The molecule has 0 fully saturated rings. The zero-order valence-corrected chi connectivity index (χ0v) is 7.85. The Balaban J connectivity index is 2.32. The molecule has 1 N–H and O–H groups in total. The molecule has 0 unspecified atom stereocenters. The van der Waals surface area contributed by atoms with E-state index >= 15 is 0 Å². The van der Waals surface area contributed by atoms with E-state index < -0.39 is 0 Å². The van der Waals surface area contributed by atoms with Crippen molar-refractivity contribution in [3.63, 3.8) is 0 Å². The van der Waals surface area contributed by atoms with Crippen LogP contribution in [0.2, 0.25) is 0 Å². The number of aliphatic hydroxyl groups is 1. The summed E-state index contributed by atoms with van der Waals surface area (Å²) < 4.78 is 0. The van der Waals surface area contributed by atoms with Gasteiger partial charge >= 0.3 is 0 Å². The van der Waals surface area contributed by atoms with Crippen molar-refractivity contribution < 1.29 is 5.11 Å². The molecule has 0 saturated heterocycles. The number of aliphatic hydroxyl groups excluding tert-OH is 1. The van der Waals surface area contributed by atoms with Gasteiger partial charge in [-0.15, -0.1) is 0 Å². The SMILES string of the molecule is OCCCc1ccc2cccnc2n1. The van der Waals surface area contributed by atoms with Crippen molar-refractivity contribution in [1.82, 2.24) is 9.97 Å². The fourth-order valence-electron chi connectivity index (χ4n) is 1.39. The smallest absolute Gasteiger partial charge is 0.159 e. The van der Waals surface area contributed by atoms with Crippen LogP contribution in [0, 0.1) is 0 Å². The summed E-state index contributed by atoms with van der Waals surface area (Å²) in [6.45, 7) is 0.210. The van der Waals surface area contributed by atoms with Gasteiger partial charge in [0, 0.05) is 23.9 Å². The summed E-state index contributed by atoms with van der Waals surface area (Å²) >= 11 is 0. The van der Waals surface area contributed by atoms with E-state index in [1.807, 2.05) is 24.3 Å². The standard InChI is InChI=1S/C11H12N2O/c14-8-2-4-10-6-5-9-3-1-7-12-11(9)13-10/h1,3,5-7,14H,2,4,8H2. The van der Waals surface area contributed by atoms with Crippen molar-refractivity contribution in [1.29, 1.82) is 0 Å². The van der Waals surface area contributed by atoms with Crippen LogP contribution in [0.5, 0.6) is 0 Å². The van der Waals surface area contributed by atoms with Crippen LogP contribution in [-0.4, -0.2) is 21.7 Å². The predicted octanol–water partition coefficient (Wildman–Crippen LogP) is 1.55. The number of pyridine rings is 2. The second-order valence-electron chi connectivity index (χ2n) is 3.18. The van der Waals surface area contributed by atoms with Crippen molar-refractivity contribution >= 4 is 11.0 Å². The minimum atomic E-state index is 0.210. The molecule has 2 aromatic heterocycles. The van der Waals surface area contributed by atoms with Gasteiger partial charge in [-0.25, -0.2) is 9.97 Å². The first kappa shape index (κ1) is 9.09. The first-order chi connectivity index (χ1) is 6.90. The van der Waals surface area contributed by atoms with E-state index in [2.05, 4.69) is 9.97 Å². The van der Waals surface area contributed by atoms with Crippen LogP contribution < -0.4 is 0 Å². The Bertz CT molecular complexity index is 428. The predicted molar refractivity (Wildman–Crippen MR) is 54.9 cm³/mol. The third-order valence-corrected chi connectivity index (χ3v) is 2.11. The largest absolute Gasteiger partial charge is 0.396 e. The lowest BCUT2D eigenvalue weighted by molar-refractivity contribution is 0.288. The molecule has 0 aliphatic rings. The number of nitrogens with zero attached hydrogens (tertiary/aromatic N) is 2. The van der Waals surface area contributed by atoms with Gasteiger partial charge in [0.15, 0.2) is 5.65 Å². The van der Waals surface area contributed by atoms with Crippen LogP contribution in [0.3, 0.4) is 0 Å². The molecule has 0 radical (unpaired) electrons. The van der Waals surface area contributed by atoms with Gasteiger partial charge in [0.25, 0.3) is 0 Å². The molecule has 0 bridgehead atoms. The van der Waals surface area contributed by atoms with Crippen LogP contribution >= 0.6 is 0 Å². The Labute approximate surface area is 82.4 Å². The fraction of sp³-hybridized carbons (Fsp3) is 0.273. The van der Waals surface area contributed by atoms with E-state index in [-0.39, 0.29) is 6.61 Å². The molecule has 0 saturated carbocycles. The zero-order valence-electron chi connectivity index (χ0n) is 7.85. The van der Waals surface area contributed by atoms with Crippen LogP contribution in [0.1, 0.15) is 12.1 Å². The van der Waals surface area contributed by atoms with E-state index in [4.69, 9.17) is 5.11 Å². The maximum Gasteiger partial charge on any atom is 0.159 e. The Morgan fingerprint density at radius 3 is 3.00 bits per heavy atom. The average Bonchev–Trinajstić information content (AvgIpc) is 2.26. The number of fused-ring (bicyclic) bond motifs is 1. The number of rotatable bonds is 3. The highest BCUT2D eigenvalue weighted by Gasteiger charge is 1.97. The number of hydrogen-bond acceptors (Lipinski definition) is 3. The van der Waals surface area contributed by atoms with Gasteiger partial charge in [-0.1, -0.05) is 0 Å². The number of aromatic nitrogens is 2. The molecule has 0 aliphatic carbocycles. The lowest BCUT2D eigenvalue weighted by Gasteiger charge is -2.00. The van der Waals surface area contributed by atoms with Gasteiger partial charge in [0.2, 0.25) is 0 Å². The highest BCUT2D eigenvalue weighted by Crippen LogP contribution is 2.09. The van der Waals surface area contributed by atoms with Gasteiger partial charge in [-0.2, -0.15) is 0 Å². The van der Waals surface area contributed by atoms with Gasteiger partial charge in [-0.3, -0.25) is 0 Å². The van der Waals surface area contributed by atoms with Gasteiger partial charge in [0.1, 0.15) is 0 Å². The molecule has 2 heterocycles. The maximum atomic E-state index is 8.70. The summed E-state index contributed by atoms with van der Waals surface area (Å²) in [6.07, 6.45) is 3.31. The average molecular weight is 188 g/mol. The van der Waals surface area contributed by atoms with Gasteiger partial charge < -0.3 is 5.11 Å². The molecule has 3 heteroatoms. The van der Waals surface area contributed by atoms with Crippen molar-refractivity contribution in [2.24, 2.45) is 0 Å². The summed E-state index contributed by atoms with van der Waals surface area (Å²) in [5, 5.41) is 9.75. The van der Waals surface area contributed by atoms with E-state index in [0.717, 1.165) is 29.6 Å². The molecule has 2 aromatic rings. The van der Waals surface area contributed by atoms with Gasteiger partial charge in [0.05, 0.1) is 0 Å². The van der Waals surface area contributed by atoms with Crippen LogP contribution in [0.25, 0.3) is 11.0 Å². The zero-order chi connectivity index (χ0) is 9.80. The molecule has 0 amide bonds. The first-order valence-electron chi connectivity index (χ1n) is 4.71. The molecule has 0 aromatic carbocycles. The fourth-order valence-corrected chi connectivity index (χ4v) is 1.39. The highest BCUT2D eigenvalue weighted by atomic mass is 16.2. The maximum absolute atomic E-state index is 8.70. The summed E-state index contributed by atoms with van der Waals surface area (Å²) in [5.74, 6) is 0. The highest BCUT2D eigenvalue weighted by molar-refractivity contribution is 5.74. The normalized spacial score (nSPS) is 10.6. The third kappa shape index (κ3) is 1.88. The minimum absolute atomic E-state index is 0.210. The molecule has 0 atom stereocenters. The molecule has 0 spiro atoms. The van der Waals surface area contributed by atoms with E-state index in [0.29, 0.717) is 0 Å². The molecule has 72 valence electrons. The minimum Gasteiger partial charge on any atom is -0.396 e. The van der Waals surface area contributed by atoms with E-state index in [1.165, 1.54) is 0 Å². The summed E-state index contributed by atoms with van der Waals surface area (Å²) in [6, 6.07) is 7.89. The summed E-state index contributed by atoms with van der Waals surface area (Å²) in [7, 11) is 0. The first-order valence-corrected chi connectivity index (χ1v) is 4.71. The Morgan fingerprint density at radius 2 is 2.14 bits per heavy atom. The Morgan fingerprint density at radius 1 is 1.21 bits per heavy atom. The van der Waals surface area contributed by atoms with Crippen molar-refractivity contribution in [3.05, 3.63) is 36.2 Å². The monoisotopic (exact) mass is 188 g/mol. The van der Waals surface area contributed by atoms with Crippen LogP contribution in [0.15, 0.2) is 30.5 Å². The van der Waals surface area contributed by atoms with E-state index in [1.54, 1.807) is 6.20 Å². The molecule has 3 nitrogen and oxygen atoms in total. The molecular formula is C11H12N2O. The molecule has 2 rings (SSSR count). The molecule has 14 heavy (non-hydrogen) atoms. The second kappa shape index (κ2) is 4.15. The summed E-state index contributed by atoms with van der Waals surface area (Å²) in [5.41, 5.74) is 1.77. The summed E-state index contributed by atoms with van der Waals surface area (Å²) in [4.78, 5) is 8.57.